The van der Waals surface area contributed by atoms with Crippen LogP contribution in [0.2, 0.25) is 5.02 Å². The van der Waals surface area contributed by atoms with Crippen LogP contribution >= 0.6 is 27.5 Å². The Labute approximate surface area is 134 Å². The first kappa shape index (κ1) is 17.3. The number of urea groups is 1. The van der Waals surface area contributed by atoms with Crippen LogP contribution in [0.4, 0.5) is 10.5 Å². The third-order valence-electron chi connectivity index (χ3n) is 2.51. The number of benzene rings is 1. The molecule has 5 N–H and O–H groups in total. The van der Waals surface area contributed by atoms with Gasteiger partial charge in [-0.15, -0.1) is 0 Å². The summed E-state index contributed by atoms with van der Waals surface area (Å²) in [7, 11) is 0. The minimum atomic E-state index is -1.40. The fourth-order valence-electron chi connectivity index (χ4n) is 1.46. The number of anilines is 1. The highest BCUT2D eigenvalue weighted by atomic mass is 79.9. The number of carboxylic acids is 1. The third-order valence-corrected chi connectivity index (χ3v) is 3.57. The van der Waals surface area contributed by atoms with Crippen molar-refractivity contribution in [2.45, 2.75) is 19.4 Å². The van der Waals surface area contributed by atoms with Crippen LogP contribution in [0.25, 0.3) is 0 Å². The zero-order valence-corrected chi connectivity index (χ0v) is 13.3. The van der Waals surface area contributed by atoms with Crippen LogP contribution < -0.4 is 16.4 Å². The number of halogens is 2. The number of carbonyl (C=O) groups is 3. The van der Waals surface area contributed by atoms with Crippen LogP contribution in [0.3, 0.4) is 0 Å². The summed E-state index contributed by atoms with van der Waals surface area (Å²) in [6, 6.07) is 1.03. The number of aryl methyl sites for hydroxylation is 1. The van der Waals surface area contributed by atoms with Crippen molar-refractivity contribution < 1.29 is 19.5 Å². The first-order chi connectivity index (χ1) is 9.70. The Morgan fingerprint density at radius 1 is 1.43 bits per heavy atom. The molecule has 21 heavy (non-hydrogen) atoms. The number of rotatable bonds is 5. The predicted octanol–water partition coefficient (Wildman–Crippen LogP) is 1.86. The number of primary amides is 1. The minimum absolute atomic E-state index is 0.367. The Kier molecular flexibility index (Phi) is 5.98. The van der Waals surface area contributed by atoms with Gasteiger partial charge in [0.1, 0.15) is 6.04 Å². The van der Waals surface area contributed by atoms with E-state index in [1.165, 1.54) is 6.07 Å². The standard InChI is InChI=1S/C12H13BrClN3O4/c1-5-2-6(13)8(3-7(5)14)16-12(21)17-9(11(19)20)4-10(15)18/h2-3,9H,4H2,1H3,(H2,15,18)(H,19,20)(H2,16,17,21)/t9-/m0/s1. The number of amides is 3. The molecular weight excluding hydrogens is 366 g/mol. The quantitative estimate of drug-likeness (QED) is 0.624. The molecule has 1 aromatic rings. The summed E-state index contributed by atoms with van der Waals surface area (Å²) in [4.78, 5) is 33.4. The lowest BCUT2D eigenvalue weighted by Crippen LogP contribution is -2.45. The van der Waals surface area contributed by atoms with Crippen molar-refractivity contribution in [3.05, 3.63) is 27.2 Å². The van der Waals surface area contributed by atoms with Crippen molar-refractivity contribution in [3.8, 4) is 0 Å². The van der Waals surface area contributed by atoms with Crippen LogP contribution in [0.1, 0.15) is 12.0 Å². The molecule has 9 heteroatoms. The number of hydrogen-bond acceptors (Lipinski definition) is 3. The molecule has 0 saturated carbocycles. The number of nitrogens with one attached hydrogen (secondary N) is 2. The second-order valence-electron chi connectivity index (χ2n) is 4.24. The lowest BCUT2D eigenvalue weighted by molar-refractivity contribution is -0.140. The molecule has 0 aliphatic carbocycles. The van der Waals surface area contributed by atoms with Crippen LogP contribution in [-0.2, 0) is 9.59 Å². The van der Waals surface area contributed by atoms with E-state index in [1.807, 2.05) is 0 Å². The van der Waals surface area contributed by atoms with Gasteiger partial charge in [-0.3, -0.25) is 4.79 Å². The number of carboxylic acid groups (broad SMARTS) is 1. The lowest BCUT2D eigenvalue weighted by atomic mass is 10.2. The van der Waals surface area contributed by atoms with E-state index in [4.69, 9.17) is 22.4 Å². The largest absolute Gasteiger partial charge is 0.480 e. The van der Waals surface area contributed by atoms with Crippen LogP contribution in [-0.4, -0.2) is 29.1 Å². The molecule has 0 bridgehead atoms. The van der Waals surface area contributed by atoms with E-state index in [0.717, 1.165) is 5.56 Å². The SMILES string of the molecule is Cc1cc(Br)c(NC(=O)N[C@@H](CC(N)=O)C(=O)O)cc1Cl. The van der Waals surface area contributed by atoms with Crippen molar-refractivity contribution >= 4 is 51.1 Å². The Morgan fingerprint density at radius 3 is 2.57 bits per heavy atom. The molecule has 0 spiro atoms. The fourth-order valence-corrected chi connectivity index (χ4v) is 2.18. The van der Waals surface area contributed by atoms with E-state index in [2.05, 4.69) is 26.6 Å². The molecule has 7 nitrogen and oxygen atoms in total. The molecule has 0 aromatic heterocycles. The van der Waals surface area contributed by atoms with E-state index >= 15 is 0 Å². The van der Waals surface area contributed by atoms with Gasteiger partial charge < -0.3 is 21.5 Å². The monoisotopic (exact) mass is 377 g/mol. The van der Waals surface area contributed by atoms with Gasteiger partial charge in [-0.1, -0.05) is 11.6 Å². The van der Waals surface area contributed by atoms with Crippen molar-refractivity contribution in [2.75, 3.05) is 5.32 Å². The van der Waals surface area contributed by atoms with E-state index in [9.17, 15) is 14.4 Å². The summed E-state index contributed by atoms with van der Waals surface area (Å²) >= 11 is 9.20. The maximum atomic E-state index is 11.8. The summed E-state index contributed by atoms with van der Waals surface area (Å²) in [6.45, 7) is 1.80. The number of aliphatic carboxylic acids is 1. The molecule has 0 unspecified atom stereocenters. The Hall–Kier alpha value is -1.80. The summed E-state index contributed by atoms with van der Waals surface area (Å²) in [5.41, 5.74) is 6.10. The summed E-state index contributed by atoms with van der Waals surface area (Å²) in [6.07, 6.45) is -0.501. The zero-order chi connectivity index (χ0) is 16.2. The number of carbonyl (C=O) groups excluding carboxylic acids is 2. The smallest absolute Gasteiger partial charge is 0.326 e. The molecule has 3 amide bonds. The van der Waals surface area contributed by atoms with Crippen molar-refractivity contribution in [2.24, 2.45) is 5.73 Å². The molecule has 1 rings (SSSR count). The maximum Gasteiger partial charge on any atom is 0.326 e. The van der Waals surface area contributed by atoms with Crippen LogP contribution in [0, 0.1) is 6.92 Å². The van der Waals surface area contributed by atoms with Gasteiger partial charge >= 0.3 is 12.0 Å². The molecule has 0 aliphatic heterocycles. The Bertz CT molecular complexity index is 594. The topological polar surface area (TPSA) is 122 Å². The summed E-state index contributed by atoms with van der Waals surface area (Å²) in [5, 5.41) is 13.9. The Morgan fingerprint density at radius 2 is 2.05 bits per heavy atom. The predicted molar refractivity (Wildman–Crippen MR) is 81.3 cm³/mol. The molecule has 1 atom stereocenters. The van der Waals surface area contributed by atoms with E-state index in [0.29, 0.717) is 15.2 Å². The van der Waals surface area contributed by atoms with E-state index < -0.39 is 30.4 Å². The first-order valence-corrected chi connectivity index (χ1v) is 6.92. The molecule has 0 heterocycles. The van der Waals surface area contributed by atoms with Gasteiger partial charge in [0.2, 0.25) is 5.91 Å². The van der Waals surface area contributed by atoms with Gasteiger partial charge in [0, 0.05) is 9.50 Å². The molecule has 114 valence electrons. The van der Waals surface area contributed by atoms with Crippen molar-refractivity contribution in [1.82, 2.24) is 5.32 Å². The van der Waals surface area contributed by atoms with E-state index in [-0.39, 0.29) is 0 Å². The maximum absolute atomic E-state index is 11.8. The average molecular weight is 379 g/mol. The molecule has 1 aromatic carbocycles. The number of nitrogens with two attached hydrogens (primary N) is 1. The molecule has 0 fully saturated rings. The highest BCUT2D eigenvalue weighted by molar-refractivity contribution is 9.10. The Balaban J connectivity index is 2.79. The minimum Gasteiger partial charge on any atom is -0.480 e. The average Bonchev–Trinajstić information content (AvgIpc) is 2.34. The number of hydrogen-bond donors (Lipinski definition) is 4. The van der Waals surface area contributed by atoms with Crippen molar-refractivity contribution in [3.63, 3.8) is 0 Å². The molecule has 0 radical (unpaired) electrons. The second kappa shape index (κ2) is 7.28. The van der Waals surface area contributed by atoms with Gasteiger partial charge in [-0.2, -0.15) is 0 Å². The van der Waals surface area contributed by atoms with Gasteiger partial charge in [0.15, 0.2) is 0 Å². The first-order valence-electron chi connectivity index (χ1n) is 5.75. The fraction of sp³-hybridized carbons (Fsp3) is 0.250. The second-order valence-corrected chi connectivity index (χ2v) is 5.50. The molecular formula is C12H13BrClN3O4. The van der Waals surface area contributed by atoms with Gasteiger partial charge in [0.25, 0.3) is 0 Å². The summed E-state index contributed by atoms with van der Waals surface area (Å²) < 4.78 is 0.585. The third kappa shape index (κ3) is 5.24. The van der Waals surface area contributed by atoms with Crippen molar-refractivity contribution in [1.29, 1.82) is 0 Å². The van der Waals surface area contributed by atoms with E-state index in [1.54, 1.807) is 13.0 Å². The zero-order valence-electron chi connectivity index (χ0n) is 10.9. The highest BCUT2D eigenvalue weighted by Gasteiger charge is 2.22. The lowest BCUT2D eigenvalue weighted by Gasteiger charge is -2.15. The van der Waals surface area contributed by atoms with Gasteiger partial charge in [0.05, 0.1) is 12.1 Å². The normalized spacial score (nSPS) is 11.6. The van der Waals surface area contributed by atoms with Crippen LogP contribution in [0.15, 0.2) is 16.6 Å². The van der Waals surface area contributed by atoms with Gasteiger partial charge in [-0.25, -0.2) is 9.59 Å². The molecule has 0 saturated heterocycles. The highest BCUT2D eigenvalue weighted by Crippen LogP contribution is 2.29. The molecule has 0 aliphatic rings. The summed E-state index contributed by atoms with van der Waals surface area (Å²) in [5.74, 6) is -2.19. The van der Waals surface area contributed by atoms with Crippen LogP contribution in [0.5, 0.6) is 0 Å². The van der Waals surface area contributed by atoms with Gasteiger partial charge in [-0.05, 0) is 40.5 Å².